The average Bonchev–Trinajstić information content (AvgIpc) is 2.01. The lowest BCUT2D eigenvalue weighted by Crippen LogP contribution is -2.08. The predicted molar refractivity (Wildman–Crippen MR) is 48.3 cm³/mol. The highest BCUT2D eigenvalue weighted by molar-refractivity contribution is 6.30. The molecule has 0 N–H and O–H groups in total. The van der Waals surface area contributed by atoms with Crippen molar-refractivity contribution in [3.8, 4) is 0 Å². The largest absolute Gasteiger partial charge is 0.433 e. The van der Waals surface area contributed by atoms with Gasteiger partial charge in [0.2, 0.25) is 0 Å². The van der Waals surface area contributed by atoms with Gasteiger partial charge in [0.25, 0.3) is 0 Å². The van der Waals surface area contributed by atoms with E-state index in [1.54, 1.807) is 0 Å². The van der Waals surface area contributed by atoms with Crippen LogP contribution in [0.1, 0.15) is 31.0 Å². The summed E-state index contributed by atoms with van der Waals surface area (Å²) >= 11 is 5.62. The Bertz CT molecular complexity index is 333. The molecule has 1 heterocycles. The molecule has 0 aromatic carbocycles. The lowest BCUT2D eigenvalue weighted by atomic mass is 10.1. The molecule has 0 saturated heterocycles. The molecule has 0 aliphatic carbocycles. The minimum Gasteiger partial charge on any atom is -0.231 e. The highest BCUT2D eigenvalue weighted by Crippen LogP contribution is 2.31. The summed E-state index contributed by atoms with van der Waals surface area (Å²) in [5.74, 6) is 0.0669. The van der Waals surface area contributed by atoms with E-state index in [0.29, 0.717) is 5.56 Å². The number of aromatic nitrogens is 1. The molecule has 0 bridgehead atoms. The van der Waals surface area contributed by atoms with Crippen LogP contribution in [0.25, 0.3) is 0 Å². The van der Waals surface area contributed by atoms with Crippen molar-refractivity contribution >= 4 is 11.6 Å². The molecule has 0 atom stereocenters. The van der Waals surface area contributed by atoms with E-state index in [0.717, 1.165) is 6.07 Å². The maximum atomic E-state index is 12.2. The second-order valence-corrected chi connectivity index (χ2v) is 3.59. The van der Waals surface area contributed by atoms with Crippen molar-refractivity contribution in [3.63, 3.8) is 0 Å². The Morgan fingerprint density at radius 3 is 2.21 bits per heavy atom. The number of alkyl halides is 3. The lowest BCUT2D eigenvalue weighted by Gasteiger charge is -2.10. The van der Waals surface area contributed by atoms with Crippen molar-refractivity contribution in [2.75, 3.05) is 0 Å². The van der Waals surface area contributed by atoms with E-state index in [1.807, 2.05) is 13.8 Å². The quantitative estimate of drug-likeness (QED) is 0.659. The smallest absolute Gasteiger partial charge is 0.231 e. The van der Waals surface area contributed by atoms with Gasteiger partial charge in [-0.2, -0.15) is 13.2 Å². The third kappa shape index (κ3) is 2.38. The van der Waals surface area contributed by atoms with Gasteiger partial charge in [-0.05, 0) is 17.5 Å². The van der Waals surface area contributed by atoms with E-state index < -0.39 is 11.9 Å². The summed E-state index contributed by atoms with van der Waals surface area (Å²) in [6.45, 7) is 3.69. The van der Waals surface area contributed by atoms with Gasteiger partial charge < -0.3 is 0 Å². The number of hydrogen-bond donors (Lipinski definition) is 0. The van der Waals surface area contributed by atoms with Crippen LogP contribution in [0.4, 0.5) is 13.2 Å². The normalized spacial score (nSPS) is 12.2. The Labute approximate surface area is 84.9 Å². The Morgan fingerprint density at radius 2 is 1.86 bits per heavy atom. The first kappa shape index (κ1) is 11.3. The van der Waals surface area contributed by atoms with Crippen LogP contribution >= 0.6 is 11.6 Å². The predicted octanol–water partition coefficient (Wildman–Crippen LogP) is 3.88. The number of hydrogen-bond acceptors (Lipinski definition) is 1. The van der Waals surface area contributed by atoms with Crippen molar-refractivity contribution in [2.45, 2.75) is 25.9 Å². The summed E-state index contributed by atoms with van der Waals surface area (Å²) in [5, 5.41) is -0.0742. The van der Waals surface area contributed by atoms with Gasteiger partial charge >= 0.3 is 6.18 Å². The maximum absolute atomic E-state index is 12.2. The van der Waals surface area contributed by atoms with Gasteiger partial charge in [-0.25, -0.2) is 4.98 Å². The Hall–Kier alpha value is -0.770. The van der Waals surface area contributed by atoms with Crippen LogP contribution in [0.3, 0.4) is 0 Å². The fourth-order valence-electron chi connectivity index (χ4n) is 1.03. The molecule has 78 valence electrons. The zero-order chi connectivity index (χ0) is 10.9. The minimum absolute atomic E-state index is 0.0669. The van der Waals surface area contributed by atoms with Crippen LogP contribution in [0.5, 0.6) is 0 Å². The van der Waals surface area contributed by atoms with E-state index in [9.17, 15) is 13.2 Å². The third-order valence-corrected chi connectivity index (χ3v) is 2.09. The zero-order valence-electron chi connectivity index (χ0n) is 7.69. The second kappa shape index (κ2) is 3.77. The number of halogens is 4. The van der Waals surface area contributed by atoms with Gasteiger partial charge in [-0.3, -0.25) is 0 Å². The molecule has 0 unspecified atom stereocenters. The summed E-state index contributed by atoms with van der Waals surface area (Å²) in [7, 11) is 0. The van der Waals surface area contributed by atoms with Gasteiger partial charge in [-0.1, -0.05) is 31.5 Å². The standard InChI is InChI=1S/C9H9ClF3N/c1-5(2)6-3-4-7(9(11,12)13)14-8(6)10/h3-5H,1-2H3. The van der Waals surface area contributed by atoms with Crippen molar-refractivity contribution in [1.29, 1.82) is 0 Å². The van der Waals surface area contributed by atoms with Gasteiger partial charge in [-0.15, -0.1) is 0 Å². The lowest BCUT2D eigenvalue weighted by molar-refractivity contribution is -0.141. The van der Waals surface area contributed by atoms with E-state index in [1.165, 1.54) is 6.07 Å². The minimum atomic E-state index is -4.43. The van der Waals surface area contributed by atoms with Crippen molar-refractivity contribution in [3.05, 3.63) is 28.5 Å². The van der Waals surface area contributed by atoms with E-state index in [4.69, 9.17) is 11.6 Å². The molecule has 0 aliphatic rings. The molecule has 0 radical (unpaired) electrons. The van der Waals surface area contributed by atoms with Crippen LogP contribution in [0.2, 0.25) is 5.15 Å². The molecular weight excluding hydrogens is 215 g/mol. The zero-order valence-corrected chi connectivity index (χ0v) is 8.45. The Kier molecular flexibility index (Phi) is 3.04. The monoisotopic (exact) mass is 223 g/mol. The topological polar surface area (TPSA) is 12.9 Å². The molecule has 0 aliphatic heterocycles. The first-order valence-corrected chi connectivity index (χ1v) is 4.44. The van der Waals surface area contributed by atoms with Crippen LogP contribution in [-0.4, -0.2) is 4.98 Å². The second-order valence-electron chi connectivity index (χ2n) is 3.23. The van der Waals surface area contributed by atoms with E-state index in [-0.39, 0.29) is 11.1 Å². The summed E-state index contributed by atoms with van der Waals surface area (Å²) in [6.07, 6.45) is -4.43. The molecule has 14 heavy (non-hydrogen) atoms. The maximum Gasteiger partial charge on any atom is 0.433 e. The first-order chi connectivity index (χ1) is 6.32. The van der Waals surface area contributed by atoms with Gasteiger partial charge in [0, 0.05) is 0 Å². The third-order valence-electron chi connectivity index (χ3n) is 1.79. The fourth-order valence-corrected chi connectivity index (χ4v) is 1.41. The van der Waals surface area contributed by atoms with E-state index >= 15 is 0 Å². The molecule has 5 heteroatoms. The van der Waals surface area contributed by atoms with E-state index in [2.05, 4.69) is 4.98 Å². The molecule has 1 aromatic heterocycles. The van der Waals surface area contributed by atoms with Gasteiger partial charge in [0.1, 0.15) is 10.8 Å². The van der Waals surface area contributed by atoms with Crippen molar-refractivity contribution in [2.24, 2.45) is 0 Å². The summed E-state index contributed by atoms with van der Waals surface area (Å²) in [4.78, 5) is 3.31. The SMILES string of the molecule is CC(C)c1ccc(C(F)(F)F)nc1Cl. The molecule has 0 spiro atoms. The summed E-state index contributed by atoms with van der Waals surface area (Å²) < 4.78 is 36.5. The molecule has 0 amide bonds. The van der Waals surface area contributed by atoms with Gasteiger partial charge in [0.15, 0.2) is 0 Å². The molecule has 0 fully saturated rings. The Morgan fingerprint density at radius 1 is 1.29 bits per heavy atom. The molecule has 1 nitrogen and oxygen atoms in total. The average molecular weight is 224 g/mol. The van der Waals surface area contributed by atoms with Crippen LogP contribution < -0.4 is 0 Å². The van der Waals surface area contributed by atoms with Gasteiger partial charge in [0.05, 0.1) is 0 Å². The number of pyridine rings is 1. The van der Waals surface area contributed by atoms with Crippen LogP contribution in [0, 0.1) is 0 Å². The molecule has 1 aromatic rings. The van der Waals surface area contributed by atoms with Crippen molar-refractivity contribution < 1.29 is 13.2 Å². The summed E-state index contributed by atoms with van der Waals surface area (Å²) in [5.41, 5.74) is -0.327. The number of rotatable bonds is 1. The molecular formula is C9H9ClF3N. The first-order valence-electron chi connectivity index (χ1n) is 4.06. The summed E-state index contributed by atoms with van der Waals surface area (Å²) in [6, 6.07) is 2.31. The fraction of sp³-hybridized carbons (Fsp3) is 0.444. The van der Waals surface area contributed by atoms with Crippen LogP contribution in [0.15, 0.2) is 12.1 Å². The number of nitrogens with zero attached hydrogens (tertiary/aromatic N) is 1. The molecule has 1 rings (SSSR count). The Balaban J connectivity index is 3.13. The van der Waals surface area contributed by atoms with Crippen LogP contribution in [-0.2, 0) is 6.18 Å². The highest BCUT2D eigenvalue weighted by atomic mass is 35.5. The molecule has 0 saturated carbocycles. The van der Waals surface area contributed by atoms with Crippen molar-refractivity contribution in [1.82, 2.24) is 4.98 Å². The highest BCUT2D eigenvalue weighted by Gasteiger charge is 2.32.